The minimum Gasteiger partial charge on any atom is -0.460 e. The molecule has 0 aliphatic rings. The highest BCUT2D eigenvalue weighted by Crippen LogP contribution is 2.36. The van der Waals surface area contributed by atoms with E-state index in [1.807, 2.05) is 0 Å². The van der Waals surface area contributed by atoms with Crippen molar-refractivity contribution in [1.29, 1.82) is 0 Å². The Morgan fingerprint density at radius 3 is 2.22 bits per heavy atom. The number of aliphatic hydroxyl groups excluding tert-OH is 1. The van der Waals surface area contributed by atoms with E-state index in [1.165, 1.54) is 0 Å². The SMILES string of the molecule is C=C(C)C(=O)OCC(O)CO[Si](C)(C)C(C)(C)C. The van der Waals surface area contributed by atoms with Gasteiger partial charge in [0.05, 0.1) is 6.61 Å². The normalized spacial score (nSPS) is 14.2. The molecule has 1 N–H and O–H groups in total. The third-order valence-corrected chi connectivity index (χ3v) is 7.70. The maximum Gasteiger partial charge on any atom is 0.333 e. The van der Waals surface area contributed by atoms with Crippen molar-refractivity contribution < 1.29 is 19.1 Å². The first kappa shape index (κ1) is 17.3. The minimum absolute atomic E-state index is 0.0552. The Morgan fingerprint density at radius 2 is 1.83 bits per heavy atom. The molecule has 0 heterocycles. The number of hydrogen-bond acceptors (Lipinski definition) is 4. The Balaban J connectivity index is 4.09. The van der Waals surface area contributed by atoms with Gasteiger partial charge < -0.3 is 14.3 Å². The molecule has 4 nitrogen and oxygen atoms in total. The van der Waals surface area contributed by atoms with Crippen molar-refractivity contribution >= 4 is 14.3 Å². The summed E-state index contributed by atoms with van der Waals surface area (Å²) in [5.74, 6) is -0.485. The van der Waals surface area contributed by atoms with Crippen molar-refractivity contribution in [2.45, 2.75) is 51.9 Å². The standard InChI is InChI=1S/C13H26O4Si/c1-10(2)12(15)16-8-11(14)9-17-18(6,7)13(3,4)5/h11,14H,1,8-9H2,2-7H3. The Kier molecular flexibility index (Phi) is 6.26. The molecule has 0 saturated heterocycles. The molecule has 0 aromatic carbocycles. The fourth-order valence-electron chi connectivity index (χ4n) is 0.864. The molecule has 0 saturated carbocycles. The van der Waals surface area contributed by atoms with Crippen LogP contribution in [0.3, 0.4) is 0 Å². The van der Waals surface area contributed by atoms with E-state index < -0.39 is 20.4 Å². The third kappa shape index (κ3) is 5.80. The highest BCUT2D eigenvalue weighted by atomic mass is 28.4. The zero-order valence-corrected chi connectivity index (χ0v) is 13.4. The summed E-state index contributed by atoms with van der Waals surface area (Å²) in [6, 6.07) is 0. The molecule has 5 heteroatoms. The Labute approximate surface area is 111 Å². The van der Waals surface area contributed by atoms with Gasteiger partial charge in [0, 0.05) is 5.57 Å². The molecule has 0 bridgehead atoms. The van der Waals surface area contributed by atoms with Gasteiger partial charge in [0.1, 0.15) is 12.7 Å². The van der Waals surface area contributed by atoms with Gasteiger partial charge in [0.25, 0.3) is 0 Å². The van der Waals surface area contributed by atoms with Gasteiger partial charge in [0.2, 0.25) is 0 Å². The molecule has 106 valence electrons. The summed E-state index contributed by atoms with van der Waals surface area (Å²) in [6.45, 7) is 15.8. The summed E-state index contributed by atoms with van der Waals surface area (Å²) < 4.78 is 10.7. The first-order chi connectivity index (χ1) is 7.97. The number of ether oxygens (including phenoxy) is 1. The lowest BCUT2D eigenvalue weighted by atomic mass is 10.2. The fraction of sp³-hybridized carbons (Fsp3) is 0.769. The van der Waals surface area contributed by atoms with E-state index >= 15 is 0 Å². The molecule has 18 heavy (non-hydrogen) atoms. The highest BCUT2D eigenvalue weighted by Gasteiger charge is 2.37. The molecule has 0 aliphatic heterocycles. The smallest absolute Gasteiger partial charge is 0.333 e. The van der Waals surface area contributed by atoms with Crippen LogP contribution in [0.4, 0.5) is 0 Å². The van der Waals surface area contributed by atoms with E-state index in [9.17, 15) is 9.90 Å². The van der Waals surface area contributed by atoms with Crippen LogP contribution in [0.15, 0.2) is 12.2 Å². The Hall–Kier alpha value is -0.653. The van der Waals surface area contributed by atoms with Crippen molar-refractivity contribution in [3.63, 3.8) is 0 Å². The first-order valence-electron chi connectivity index (χ1n) is 6.12. The van der Waals surface area contributed by atoms with Crippen molar-refractivity contribution in [2.24, 2.45) is 0 Å². The van der Waals surface area contributed by atoms with Crippen LogP contribution in [0.1, 0.15) is 27.7 Å². The predicted octanol–water partition coefficient (Wildman–Crippen LogP) is 2.49. The van der Waals surface area contributed by atoms with Crippen LogP contribution in [-0.4, -0.2) is 38.7 Å². The zero-order chi connectivity index (χ0) is 14.6. The summed E-state index contributed by atoms with van der Waals surface area (Å²) in [5.41, 5.74) is 0.326. The average molecular weight is 274 g/mol. The molecule has 0 aromatic rings. The van der Waals surface area contributed by atoms with E-state index in [0.717, 1.165) is 0 Å². The summed E-state index contributed by atoms with van der Waals surface area (Å²) in [5, 5.41) is 9.80. The summed E-state index contributed by atoms with van der Waals surface area (Å²) in [7, 11) is -1.86. The topological polar surface area (TPSA) is 55.8 Å². The van der Waals surface area contributed by atoms with Gasteiger partial charge in [-0.1, -0.05) is 27.4 Å². The molecule has 0 radical (unpaired) electrons. The molecule has 0 rings (SSSR count). The second kappa shape index (κ2) is 6.50. The summed E-state index contributed by atoms with van der Waals surface area (Å²) in [6.07, 6.45) is -0.789. The number of carbonyl (C=O) groups is 1. The molecule has 1 unspecified atom stereocenters. The molecule has 0 aromatic heterocycles. The van der Waals surface area contributed by atoms with Crippen LogP contribution in [-0.2, 0) is 14.0 Å². The highest BCUT2D eigenvalue weighted by molar-refractivity contribution is 6.74. The maximum absolute atomic E-state index is 11.1. The minimum atomic E-state index is -1.86. The van der Waals surface area contributed by atoms with Crippen LogP contribution < -0.4 is 0 Å². The first-order valence-corrected chi connectivity index (χ1v) is 9.03. The van der Waals surface area contributed by atoms with Gasteiger partial charge in [0.15, 0.2) is 8.32 Å². The monoisotopic (exact) mass is 274 g/mol. The number of hydrogen-bond donors (Lipinski definition) is 1. The van der Waals surface area contributed by atoms with Crippen molar-refractivity contribution in [1.82, 2.24) is 0 Å². The number of aliphatic hydroxyl groups is 1. The van der Waals surface area contributed by atoms with Crippen LogP contribution in [0, 0.1) is 0 Å². The fourth-order valence-corrected chi connectivity index (χ4v) is 1.91. The van der Waals surface area contributed by atoms with E-state index in [4.69, 9.17) is 9.16 Å². The average Bonchev–Trinajstić information content (AvgIpc) is 2.21. The van der Waals surface area contributed by atoms with E-state index in [-0.39, 0.29) is 18.3 Å². The number of carbonyl (C=O) groups excluding carboxylic acids is 1. The molecule has 0 amide bonds. The molecule has 0 spiro atoms. The van der Waals surface area contributed by atoms with Gasteiger partial charge in [-0.3, -0.25) is 0 Å². The predicted molar refractivity (Wildman–Crippen MR) is 74.9 cm³/mol. The van der Waals surface area contributed by atoms with E-state index in [0.29, 0.717) is 5.57 Å². The van der Waals surface area contributed by atoms with Gasteiger partial charge >= 0.3 is 5.97 Å². The lowest BCUT2D eigenvalue weighted by molar-refractivity contribution is -0.142. The van der Waals surface area contributed by atoms with Gasteiger partial charge in [-0.2, -0.15) is 0 Å². The Morgan fingerprint density at radius 1 is 1.33 bits per heavy atom. The number of rotatable bonds is 6. The van der Waals surface area contributed by atoms with Crippen molar-refractivity contribution in [3.8, 4) is 0 Å². The van der Waals surface area contributed by atoms with Crippen LogP contribution in [0.2, 0.25) is 18.1 Å². The second-order valence-corrected chi connectivity index (χ2v) is 10.9. The van der Waals surface area contributed by atoms with Crippen LogP contribution in [0.25, 0.3) is 0 Å². The van der Waals surface area contributed by atoms with E-state index in [2.05, 4.69) is 40.4 Å². The van der Waals surface area contributed by atoms with Crippen molar-refractivity contribution in [3.05, 3.63) is 12.2 Å². The van der Waals surface area contributed by atoms with Crippen molar-refractivity contribution in [2.75, 3.05) is 13.2 Å². The zero-order valence-electron chi connectivity index (χ0n) is 12.4. The van der Waals surface area contributed by atoms with Gasteiger partial charge in [-0.25, -0.2) is 4.79 Å². The quantitative estimate of drug-likeness (QED) is 0.459. The lowest BCUT2D eigenvalue weighted by Crippen LogP contribution is -2.43. The van der Waals surface area contributed by atoms with Gasteiger partial charge in [-0.15, -0.1) is 0 Å². The molecular weight excluding hydrogens is 248 g/mol. The maximum atomic E-state index is 11.1. The van der Waals surface area contributed by atoms with Crippen LogP contribution in [0.5, 0.6) is 0 Å². The second-order valence-electron chi connectivity index (χ2n) is 6.10. The van der Waals surface area contributed by atoms with Gasteiger partial charge in [-0.05, 0) is 25.1 Å². The summed E-state index contributed by atoms with van der Waals surface area (Å²) >= 11 is 0. The molecule has 0 aliphatic carbocycles. The summed E-state index contributed by atoms with van der Waals surface area (Å²) in [4.78, 5) is 11.1. The molecule has 1 atom stereocenters. The Bertz CT molecular complexity index is 305. The largest absolute Gasteiger partial charge is 0.460 e. The lowest BCUT2D eigenvalue weighted by Gasteiger charge is -2.36. The molecule has 0 fully saturated rings. The van der Waals surface area contributed by atoms with Crippen LogP contribution >= 0.6 is 0 Å². The number of esters is 1. The van der Waals surface area contributed by atoms with E-state index in [1.54, 1.807) is 6.92 Å². The molecular formula is C13H26O4Si. The third-order valence-electron chi connectivity index (χ3n) is 3.20.